The quantitative estimate of drug-likeness (QED) is 0.550. The van der Waals surface area contributed by atoms with Crippen molar-refractivity contribution >= 4 is 0 Å². The predicted molar refractivity (Wildman–Crippen MR) is 55.8 cm³/mol. The normalized spacial score (nSPS) is 32.8. The summed E-state index contributed by atoms with van der Waals surface area (Å²) < 4.78 is 0. The van der Waals surface area contributed by atoms with Gasteiger partial charge in [0.1, 0.15) is 0 Å². The van der Waals surface area contributed by atoms with Gasteiger partial charge < -0.3 is 0 Å². The van der Waals surface area contributed by atoms with E-state index in [1.54, 1.807) is 0 Å². The molecule has 1 unspecified atom stereocenters. The lowest BCUT2D eigenvalue weighted by molar-refractivity contribution is 0.265. The van der Waals surface area contributed by atoms with Gasteiger partial charge in [0.25, 0.3) is 0 Å². The Morgan fingerprint density at radius 2 is 1.38 bits per heavy atom. The Kier molecular flexibility index (Phi) is 3.65. The van der Waals surface area contributed by atoms with Crippen LogP contribution in [0, 0.1) is 5.92 Å². The van der Waals surface area contributed by atoms with Gasteiger partial charge in [0.2, 0.25) is 0 Å². The van der Waals surface area contributed by atoms with Crippen molar-refractivity contribution in [2.75, 3.05) is 6.54 Å². The first-order valence-electron chi connectivity index (χ1n) is 6.13. The van der Waals surface area contributed by atoms with Gasteiger partial charge in [0, 0.05) is 12.6 Å². The van der Waals surface area contributed by atoms with Crippen molar-refractivity contribution in [1.29, 1.82) is 0 Å². The molecule has 0 N–H and O–H groups in total. The molecular formula is C12H22N. The first-order valence-corrected chi connectivity index (χ1v) is 6.13. The second kappa shape index (κ2) is 4.99. The molecule has 0 aromatic carbocycles. The fourth-order valence-corrected chi connectivity index (χ4v) is 2.89. The van der Waals surface area contributed by atoms with E-state index >= 15 is 0 Å². The van der Waals surface area contributed by atoms with Gasteiger partial charge in [-0.1, -0.05) is 32.1 Å². The van der Waals surface area contributed by atoms with Gasteiger partial charge in [-0.05, 0) is 31.6 Å². The third-order valence-electron chi connectivity index (χ3n) is 3.72. The van der Waals surface area contributed by atoms with E-state index in [4.69, 9.17) is 5.32 Å². The number of nitrogens with zero attached hydrogens (tertiary/aromatic N) is 1. The minimum absolute atomic E-state index is 0.756. The second-order valence-corrected chi connectivity index (χ2v) is 4.72. The Balaban J connectivity index is 1.82. The van der Waals surface area contributed by atoms with Crippen LogP contribution in [0.4, 0.5) is 0 Å². The predicted octanol–water partition coefficient (Wildman–Crippen LogP) is 3.11. The SMILES string of the molecule is C1CCCC(C2CCCC[N]2)CC1. The van der Waals surface area contributed by atoms with Gasteiger partial charge in [-0.2, -0.15) is 0 Å². The summed E-state index contributed by atoms with van der Waals surface area (Å²) in [6.07, 6.45) is 13.0. The van der Waals surface area contributed by atoms with Gasteiger partial charge in [-0.3, -0.25) is 0 Å². The Labute approximate surface area is 82.3 Å². The monoisotopic (exact) mass is 180 g/mol. The smallest absolute Gasteiger partial charge is 0.0274 e. The average Bonchev–Trinajstić information content (AvgIpc) is 2.47. The topological polar surface area (TPSA) is 14.1 Å². The average molecular weight is 180 g/mol. The van der Waals surface area contributed by atoms with E-state index in [9.17, 15) is 0 Å². The van der Waals surface area contributed by atoms with Crippen molar-refractivity contribution in [2.45, 2.75) is 63.8 Å². The molecular weight excluding hydrogens is 158 g/mol. The third-order valence-corrected chi connectivity index (χ3v) is 3.72. The summed E-state index contributed by atoms with van der Waals surface area (Å²) >= 11 is 0. The van der Waals surface area contributed by atoms with Crippen LogP contribution >= 0.6 is 0 Å². The maximum atomic E-state index is 4.79. The summed E-state index contributed by atoms with van der Waals surface area (Å²) in [6.45, 7) is 1.15. The summed E-state index contributed by atoms with van der Waals surface area (Å²) in [6, 6.07) is 0.756. The molecule has 0 amide bonds. The Hall–Kier alpha value is -0.0400. The zero-order chi connectivity index (χ0) is 8.93. The number of hydrogen-bond acceptors (Lipinski definition) is 0. The molecule has 75 valence electrons. The highest BCUT2D eigenvalue weighted by atomic mass is 14.9. The lowest BCUT2D eigenvalue weighted by atomic mass is 9.87. The highest BCUT2D eigenvalue weighted by Gasteiger charge is 2.24. The fourth-order valence-electron chi connectivity index (χ4n) is 2.89. The Morgan fingerprint density at radius 1 is 0.692 bits per heavy atom. The zero-order valence-electron chi connectivity index (χ0n) is 8.67. The summed E-state index contributed by atoms with van der Waals surface area (Å²) in [5.41, 5.74) is 0. The molecule has 2 aliphatic rings. The molecule has 1 radical (unpaired) electrons. The second-order valence-electron chi connectivity index (χ2n) is 4.72. The summed E-state index contributed by atoms with van der Waals surface area (Å²) in [5, 5.41) is 4.79. The van der Waals surface area contributed by atoms with Crippen LogP contribution in [0.25, 0.3) is 0 Å². The van der Waals surface area contributed by atoms with E-state index in [0.29, 0.717) is 0 Å². The minimum Gasteiger partial charge on any atom is -0.238 e. The highest BCUT2D eigenvalue weighted by molar-refractivity contribution is 4.80. The molecule has 0 bridgehead atoms. The van der Waals surface area contributed by atoms with Crippen LogP contribution in [0.5, 0.6) is 0 Å². The zero-order valence-corrected chi connectivity index (χ0v) is 8.67. The van der Waals surface area contributed by atoms with Gasteiger partial charge >= 0.3 is 0 Å². The highest BCUT2D eigenvalue weighted by Crippen LogP contribution is 2.29. The van der Waals surface area contributed by atoms with Gasteiger partial charge in [0.05, 0.1) is 0 Å². The van der Waals surface area contributed by atoms with Crippen LogP contribution in [0.2, 0.25) is 0 Å². The molecule has 0 aromatic heterocycles. The maximum Gasteiger partial charge on any atom is 0.0274 e. The minimum atomic E-state index is 0.756. The standard InChI is InChI=1S/C12H22N/c1-2-4-8-11(7-3-1)12-9-5-6-10-13-12/h11-12H,1-10H2. The summed E-state index contributed by atoms with van der Waals surface area (Å²) in [5.74, 6) is 0.961. The molecule has 1 heteroatoms. The van der Waals surface area contributed by atoms with Gasteiger partial charge in [0.15, 0.2) is 0 Å². The molecule has 0 spiro atoms. The lowest BCUT2D eigenvalue weighted by Gasteiger charge is -2.29. The fraction of sp³-hybridized carbons (Fsp3) is 1.00. The first-order chi connectivity index (χ1) is 6.47. The van der Waals surface area contributed by atoms with Crippen molar-refractivity contribution in [3.63, 3.8) is 0 Å². The molecule has 2 rings (SSSR count). The third kappa shape index (κ3) is 2.70. The summed E-state index contributed by atoms with van der Waals surface area (Å²) in [7, 11) is 0. The maximum absolute atomic E-state index is 4.79. The van der Waals surface area contributed by atoms with Crippen LogP contribution < -0.4 is 5.32 Å². The molecule has 1 atom stereocenters. The van der Waals surface area contributed by atoms with Crippen LogP contribution in [-0.4, -0.2) is 12.6 Å². The molecule has 2 fully saturated rings. The first kappa shape index (κ1) is 9.51. The molecule has 13 heavy (non-hydrogen) atoms. The Bertz CT molecular complexity index is 130. The van der Waals surface area contributed by atoms with Crippen LogP contribution in [0.15, 0.2) is 0 Å². The van der Waals surface area contributed by atoms with Crippen molar-refractivity contribution in [1.82, 2.24) is 5.32 Å². The van der Waals surface area contributed by atoms with Crippen molar-refractivity contribution in [3.8, 4) is 0 Å². The van der Waals surface area contributed by atoms with E-state index in [0.717, 1.165) is 18.5 Å². The molecule has 1 aliphatic carbocycles. The Morgan fingerprint density at radius 3 is 2.00 bits per heavy atom. The molecule has 1 nitrogen and oxygen atoms in total. The molecule has 0 aromatic rings. The van der Waals surface area contributed by atoms with E-state index in [1.165, 1.54) is 57.8 Å². The van der Waals surface area contributed by atoms with Crippen molar-refractivity contribution < 1.29 is 0 Å². The van der Waals surface area contributed by atoms with E-state index in [1.807, 2.05) is 0 Å². The van der Waals surface area contributed by atoms with Crippen LogP contribution in [-0.2, 0) is 0 Å². The van der Waals surface area contributed by atoms with Crippen LogP contribution in [0.1, 0.15) is 57.8 Å². The van der Waals surface area contributed by atoms with Crippen molar-refractivity contribution in [3.05, 3.63) is 0 Å². The lowest BCUT2D eigenvalue weighted by Crippen LogP contribution is -2.34. The summed E-state index contributed by atoms with van der Waals surface area (Å²) in [4.78, 5) is 0. The molecule has 1 heterocycles. The van der Waals surface area contributed by atoms with Crippen molar-refractivity contribution in [2.24, 2.45) is 5.92 Å². The molecule has 1 saturated carbocycles. The van der Waals surface area contributed by atoms with E-state index in [2.05, 4.69) is 0 Å². The number of hydrogen-bond donors (Lipinski definition) is 0. The number of piperidine rings is 1. The van der Waals surface area contributed by atoms with Crippen LogP contribution in [0.3, 0.4) is 0 Å². The molecule has 1 aliphatic heterocycles. The van der Waals surface area contributed by atoms with E-state index < -0.39 is 0 Å². The van der Waals surface area contributed by atoms with Gasteiger partial charge in [-0.25, -0.2) is 5.32 Å². The largest absolute Gasteiger partial charge is 0.238 e. The van der Waals surface area contributed by atoms with E-state index in [-0.39, 0.29) is 0 Å². The number of rotatable bonds is 1. The van der Waals surface area contributed by atoms with Gasteiger partial charge in [-0.15, -0.1) is 0 Å². The molecule has 1 saturated heterocycles.